The van der Waals surface area contributed by atoms with Crippen molar-refractivity contribution in [3.8, 4) is 5.75 Å². The summed E-state index contributed by atoms with van der Waals surface area (Å²) in [6.45, 7) is 0. The van der Waals surface area contributed by atoms with Gasteiger partial charge in [-0.25, -0.2) is 0 Å². The Bertz CT molecular complexity index is 656. The molecule has 19 heavy (non-hydrogen) atoms. The lowest BCUT2D eigenvalue weighted by Crippen LogP contribution is -1.87. The number of nitro groups is 1. The maximum absolute atomic E-state index is 10.6. The first-order valence-corrected chi connectivity index (χ1v) is 5.72. The van der Waals surface area contributed by atoms with Crippen LogP contribution in [0.2, 0.25) is 5.02 Å². The van der Waals surface area contributed by atoms with Crippen molar-refractivity contribution in [2.45, 2.75) is 0 Å². The molecule has 6 heteroatoms. The normalized spacial score (nSPS) is 10.8. The molecule has 0 saturated carbocycles. The zero-order chi connectivity index (χ0) is 13.8. The molecule has 0 aliphatic carbocycles. The van der Waals surface area contributed by atoms with Gasteiger partial charge in [0.2, 0.25) is 0 Å². The smallest absolute Gasteiger partial charge is 0.271 e. The Labute approximate surface area is 113 Å². The maximum atomic E-state index is 10.6. The zero-order valence-corrected chi connectivity index (χ0v) is 10.4. The van der Waals surface area contributed by atoms with Crippen LogP contribution in [-0.2, 0) is 0 Å². The molecule has 0 bridgehead atoms. The predicted octanol–water partition coefficient (Wildman–Crippen LogP) is 3.70. The van der Waals surface area contributed by atoms with Crippen LogP contribution in [0.3, 0.4) is 0 Å². The molecule has 96 valence electrons. The van der Waals surface area contributed by atoms with E-state index in [1.54, 1.807) is 24.3 Å². The van der Waals surface area contributed by atoms with Crippen molar-refractivity contribution in [2.24, 2.45) is 4.99 Å². The quantitative estimate of drug-likeness (QED) is 0.527. The van der Waals surface area contributed by atoms with Gasteiger partial charge in [-0.15, -0.1) is 0 Å². The highest BCUT2D eigenvalue weighted by Gasteiger charge is 2.09. The van der Waals surface area contributed by atoms with Gasteiger partial charge in [0.05, 0.1) is 4.92 Å². The Morgan fingerprint density at radius 2 is 2.00 bits per heavy atom. The van der Waals surface area contributed by atoms with Crippen LogP contribution < -0.4 is 0 Å². The molecule has 0 fully saturated rings. The topological polar surface area (TPSA) is 75.7 Å². The Morgan fingerprint density at radius 1 is 1.26 bits per heavy atom. The second-order valence-corrected chi connectivity index (χ2v) is 4.12. The molecule has 0 aliphatic rings. The van der Waals surface area contributed by atoms with Crippen LogP contribution in [0.4, 0.5) is 11.4 Å². The molecular weight excluding hydrogens is 268 g/mol. The first-order chi connectivity index (χ1) is 9.08. The highest BCUT2D eigenvalue weighted by atomic mass is 35.5. The molecule has 0 aliphatic heterocycles. The van der Waals surface area contributed by atoms with Crippen molar-refractivity contribution in [1.29, 1.82) is 0 Å². The number of nitro benzene ring substituents is 1. The van der Waals surface area contributed by atoms with Gasteiger partial charge in [-0.05, 0) is 12.1 Å². The summed E-state index contributed by atoms with van der Waals surface area (Å²) in [4.78, 5) is 14.1. The van der Waals surface area contributed by atoms with Crippen LogP contribution >= 0.6 is 11.6 Å². The molecular formula is C13H9ClN2O3. The highest BCUT2D eigenvalue weighted by Crippen LogP contribution is 2.30. The molecule has 0 amide bonds. The molecule has 0 heterocycles. The number of benzene rings is 2. The number of hydrogen-bond donors (Lipinski definition) is 1. The van der Waals surface area contributed by atoms with Crippen molar-refractivity contribution in [1.82, 2.24) is 0 Å². The Morgan fingerprint density at radius 3 is 2.68 bits per heavy atom. The molecule has 0 radical (unpaired) electrons. The first kappa shape index (κ1) is 13.0. The second-order valence-electron chi connectivity index (χ2n) is 3.71. The predicted molar refractivity (Wildman–Crippen MR) is 73.5 cm³/mol. The number of phenolic OH excluding ortho intramolecular Hbond substituents is 1. The number of phenols is 1. The Hall–Kier alpha value is -2.40. The van der Waals surface area contributed by atoms with Crippen molar-refractivity contribution in [2.75, 3.05) is 0 Å². The minimum atomic E-state index is -0.548. The lowest BCUT2D eigenvalue weighted by atomic mass is 10.2. The molecule has 0 unspecified atom stereocenters. The lowest BCUT2D eigenvalue weighted by molar-refractivity contribution is -0.384. The minimum Gasteiger partial charge on any atom is -0.506 e. The summed E-state index contributed by atoms with van der Waals surface area (Å²) in [6, 6.07) is 10.7. The highest BCUT2D eigenvalue weighted by molar-refractivity contribution is 6.33. The number of aliphatic imine (C=N–C) groups is 1. The second kappa shape index (κ2) is 5.49. The number of rotatable bonds is 3. The largest absolute Gasteiger partial charge is 0.506 e. The third-order valence-corrected chi connectivity index (χ3v) is 2.76. The van der Waals surface area contributed by atoms with Crippen LogP contribution in [0.5, 0.6) is 5.75 Å². The average Bonchev–Trinajstić information content (AvgIpc) is 2.39. The Balaban J connectivity index is 2.35. The van der Waals surface area contributed by atoms with E-state index < -0.39 is 4.92 Å². The Kier molecular flexibility index (Phi) is 3.77. The number of nitrogens with zero attached hydrogens (tertiary/aromatic N) is 2. The third-order valence-electron chi connectivity index (χ3n) is 2.42. The fraction of sp³-hybridized carbons (Fsp3) is 0. The minimum absolute atomic E-state index is 0.120. The summed E-state index contributed by atoms with van der Waals surface area (Å²) < 4.78 is 0. The van der Waals surface area contributed by atoms with Gasteiger partial charge in [-0.2, -0.15) is 0 Å². The van der Waals surface area contributed by atoms with E-state index in [1.807, 2.05) is 0 Å². The summed E-state index contributed by atoms with van der Waals surface area (Å²) in [5.41, 5.74) is 0.647. The van der Waals surface area contributed by atoms with E-state index in [2.05, 4.69) is 4.99 Å². The van der Waals surface area contributed by atoms with Crippen molar-refractivity contribution >= 4 is 29.2 Å². The number of halogens is 1. The van der Waals surface area contributed by atoms with E-state index in [9.17, 15) is 15.2 Å². The number of aromatic hydroxyl groups is 1. The van der Waals surface area contributed by atoms with E-state index >= 15 is 0 Å². The molecule has 2 aromatic carbocycles. The van der Waals surface area contributed by atoms with Crippen molar-refractivity contribution < 1.29 is 10.0 Å². The van der Waals surface area contributed by atoms with Gasteiger partial charge in [0.25, 0.3) is 5.69 Å². The van der Waals surface area contributed by atoms with Gasteiger partial charge in [0.15, 0.2) is 0 Å². The number of hydrogen-bond acceptors (Lipinski definition) is 4. The van der Waals surface area contributed by atoms with Crippen LogP contribution in [0.25, 0.3) is 0 Å². The van der Waals surface area contributed by atoms with E-state index in [4.69, 9.17) is 11.6 Å². The van der Waals surface area contributed by atoms with Crippen molar-refractivity contribution in [3.63, 3.8) is 0 Å². The third kappa shape index (κ3) is 3.08. The van der Waals surface area contributed by atoms with E-state index in [-0.39, 0.29) is 17.1 Å². The molecule has 1 N–H and O–H groups in total. The molecule has 0 atom stereocenters. The van der Waals surface area contributed by atoms with Gasteiger partial charge < -0.3 is 5.11 Å². The van der Waals surface area contributed by atoms with Crippen LogP contribution in [0.15, 0.2) is 47.5 Å². The maximum Gasteiger partial charge on any atom is 0.271 e. The van der Waals surface area contributed by atoms with Gasteiger partial charge in [0, 0.05) is 28.9 Å². The SMILES string of the molecule is O=[N+]([O-])c1ccc(O)c(N=Cc2ccccc2Cl)c1. The van der Waals surface area contributed by atoms with Crippen LogP contribution in [0, 0.1) is 10.1 Å². The van der Waals surface area contributed by atoms with Gasteiger partial charge in [-0.3, -0.25) is 15.1 Å². The fourth-order valence-electron chi connectivity index (χ4n) is 1.45. The standard InChI is InChI=1S/C13H9ClN2O3/c14-11-4-2-1-3-9(11)8-15-12-7-10(16(18)19)5-6-13(12)17/h1-8,17H. The molecule has 5 nitrogen and oxygen atoms in total. The zero-order valence-electron chi connectivity index (χ0n) is 9.65. The van der Waals surface area contributed by atoms with Gasteiger partial charge in [-0.1, -0.05) is 29.8 Å². The average molecular weight is 277 g/mol. The van der Waals surface area contributed by atoms with E-state index in [1.165, 1.54) is 24.4 Å². The van der Waals surface area contributed by atoms with Crippen LogP contribution in [-0.4, -0.2) is 16.2 Å². The van der Waals surface area contributed by atoms with Gasteiger partial charge in [0.1, 0.15) is 11.4 Å². The molecule has 0 saturated heterocycles. The fourth-order valence-corrected chi connectivity index (χ4v) is 1.63. The lowest BCUT2D eigenvalue weighted by Gasteiger charge is -1.99. The first-order valence-electron chi connectivity index (χ1n) is 5.34. The number of non-ortho nitro benzene ring substituents is 1. The van der Waals surface area contributed by atoms with E-state index in [0.29, 0.717) is 10.6 Å². The van der Waals surface area contributed by atoms with E-state index in [0.717, 1.165) is 0 Å². The summed E-state index contributed by atoms with van der Waals surface area (Å²) in [5, 5.41) is 20.7. The molecule has 0 spiro atoms. The molecule has 2 rings (SSSR count). The van der Waals surface area contributed by atoms with Gasteiger partial charge >= 0.3 is 0 Å². The monoisotopic (exact) mass is 276 g/mol. The van der Waals surface area contributed by atoms with Crippen LogP contribution in [0.1, 0.15) is 5.56 Å². The van der Waals surface area contributed by atoms with Crippen molar-refractivity contribution in [3.05, 3.63) is 63.2 Å². The summed E-state index contributed by atoms with van der Waals surface area (Å²) >= 11 is 5.95. The summed E-state index contributed by atoms with van der Waals surface area (Å²) in [7, 11) is 0. The molecule has 2 aromatic rings. The summed E-state index contributed by atoms with van der Waals surface area (Å²) in [6.07, 6.45) is 1.45. The molecule has 0 aromatic heterocycles. The summed E-state index contributed by atoms with van der Waals surface area (Å²) in [5.74, 6) is -0.131.